The van der Waals surface area contributed by atoms with E-state index in [-0.39, 0.29) is 62.0 Å². The van der Waals surface area contributed by atoms with Crippen LogP contribution >= 0.6 is 0 Å². The minimum atomic E-state index is -4.59. The van der Waals surface area contributed by atoms with E-state index in [1.807, 2.05) is 12.1 Å². The van der Waals surface area contributed by atoms with Gasteiger partial charge in [0.05, 0.1) is 4.90 Å². The van der Waals surface area contributed by atoms with Crippen LogP contribution in [-0.4, -0.2) is 13.0 Å². The van der Waals surface area contributed by atoms with Gasteiger partial charge in [0.25, 0.3) is 0 Å². The number of hydrogen-bond donors (Lipinski definition) is 0. The predicted octanol–water partition coefficient (Wildman–Crippen LogP) is 1.90. The average Bonchev–Trinajstić information content (AvgIpc) is 2.56. The van der Waals surface area contributed by atoms with E-state index in [1.165, 1.54) is 18.9 Å². The van der Waals surface area contributed by atoms with E-state index in [9.17, 15) is 13.0 Å². The van der Waals surface area contributed by atoms with E-state index in [0.29, 0.717) is 12.2 Å². The molecule has 0 atom stereocenters. The first-order valence-electron chi connectivity index (χ1n) is 8.33. The van der Waals surface area contributed by atoms with Crippen molar-refractivity contribution in [2.24, 2.45) is 0 Å². The summed E-state index contributed by atoms with van der Waals surface area (Å²) in [5.74, 6) is 0.676. The second-order valence-corrected chi connectivity index (χ2v) is 7.13. The molecule has 0 bridgehead atoms. The summed E-state index contributed by atoms with van der Waals surface area (Å²) in [7, 11) is -4.59. The van der Waals surface area contributed by atoms with Crippen LogP contribution < -0.4 is 56.1 Å². The van der Waals surface area contributed by atoms with Gasteiger partial charge in [0, 0.05) is 0 Å². The molecule has 0 saturated heterocycles. The van der Waals surface area contributed by atoms with Crippen molar-refractivity contribution >= 4 is 10.1 Å². The Morgan fingerprint density at radius 2 is 1.60 bits per heavy atom. The molecule has 0 aliphatic carbocycles. The molecule has 0 aromatic heterocycles. The van der Waals surface area contributed by atoms with Gasteiger partial charge in [-0.1, -0.05) is 62.9 Å². The van der Waals surface area contributed by atoms with E-state index in [2.05, 4.69) is 6.92 Å². The van der Waals surface area contributed by atoms with Crippen LogP contribution in [-0.2, 0) is 16.5 Å². The van der Waals surface area contributed by atoms with Crippen LogP contribution in [0.25, 0.3) is 0 Å². The Bertz CT molecular complexity index is 745. The van der Waals surface area contributed by atoms with Crippen LogP contribution in [0.15, 0.2) is 53.4 Å². The molecular weight excluding hydrogens is 363 g/mol. The molecule has 0 unspecified atom stereocenters. The molecule has 6 heteroatoms. The molecule has 4 nitrogen and oxygen atoms in total. The van der Waals surface area contributed by atoms with Crippen molar-refractivity contribution in [2.75, 3.05) is 0 Å². The van der Waals surface area contributed by atoms with E-state index in [0.717, 1.165) is 24.8 Å². The van der Waals surface area contributed by atoms with Gasteiger partial charge in [0.15, 0.2) is 0 Å². The maximum Gasteiger partial charge on any atom is 1.00 e. The molecule has 0 fully saturated rings. The van der Waals surface area contributed by atoms with Crippen molar-refractivity contribution in [3.8, 4) is 11.5 Å². The molecule has 0 aliphatic rings. The Kier molecular flexibility index (Phi) is 10.5. The van der Waals surface area contributed by atoms with E-state index in [4.69, 9.17) is 4.74 Å². The zero-order valence-corrected chi connectivity index (χ0v) is 18.8. The summed E-state index contributed by atoms with van der Waals surface area (Å²) in [6.07, 6.45) is 6.23. The zero-order chi connectivity index (χ0) is 17.4. The maximum absolute atomic E-state index is 11.6. The van der Waals surface area contributed by atoms with Gasteiger partial charge in [-0.05, 0) is 36.6 Å². The molecule has 0 spiro atoms. The van der Waals surface area contributed by atoms with Crippen LogP contribution in [0, 0.1) is 0 Å². The van der Waals surface area contributed by atoms with Crippen LogP contribution in [0.4, 0.5) is 0 Å². The standard InChI is InChI=1S/C19H24O4S.K/c1-2-3-4-5-7-11-16-12-10-15-18(24(20,21)22)19(16)23-17-13-8-6-9-14-17;/h6,8-10,12-15H,2-5,7,11H2,1H3,(H,20,21,22);/q;+1/p-1. The van der Waals surface area contributed by atoms with Crippen molar-refractivity contribution in [1.29, 1.82) is 0 Å². The number of aryl methyl sites for hydroxylation is 1. The largest absolute Gasteiger partial charge is 1.00 e. The summed E-state index contributed by atoms with van der Waals surface area (Å²) >= 11 is 0. The van der Waals surface area contributed by atoms with Crippen LogP contribution in [0.1, 0.15) is 44.6 Å². The topological polar surface area (TPSA) is 66.4 Å². The SMILES string of the molecule is CCCCCCCc1cccc(S(=O)(=O)[O-])c1Oc1ccccc1.[K+]. The molecule has 0 amide bonds. The van der Waals surface area contributed by atoms with Gasteiger partial charge in [-0.15, -0.1) is 0 Å². The Morgan fingerprint density at radius 1 is 0.920 bits per heavy atom. The second kappa shape index (κ2) is 11.5. The molecule has 2 aromatic rings. The summed E-state index contributed by atoms with van der Waals surface area (Å²) in [5, 5.41) is 0. The third-order valence-corrected chi connectivity index (χ3v) is 4.70. The first kappa shape index (κ1) is 22.8. The monoisotopic (exact) mass is 386 g/mol. The molecule has 0 radical (unpaired) electrons. The fourth-order valence-electron chi connectivity index (χ4n) is 2.60. The molecule has 25 heavy (non-hydrogen) atoms. The maximum atomic E-state index is 11.6. The summed E-state index contributed by atoms with van der Waals surface area (Å²) in [4.78, 5) is -0.294. The molecule has 130 valence electrons. The van der Waals surface area contributed by atoms with E-state index < -0.39 is 10.1 Å². The van der Waals surface area contributed by atoms with Crippen LogP contribution in [0.5, 0.6) is 11.5 Å². The zero-order valence-electron chi connectivity index (χ0n) is 14.9. The van der Waals surface area contributed by atoms with Gasteiger partial charge in [-0.25, -0.2) is 8.42 Å². The number of benzene rings is 2. The normalized spacial score (nSPS) is 11.0. The molecule has 0 heterocycles. The molecule has 0 aliphatic heterocycles. The third-order valence-electron chi connectivity index (χ3n) is 3.84. The van der Waals surface area contributed by atoms with Crippen LogP contribution in [0.3, 0.4) is 0 Å². The summed E-state index contributed by atoms with van der Waals surface area (Å²) in [5.41, 5.74) is 0.757. The van der Waals surface area contributed by atoms with Gasteiger partial charge in [-0.3, -0.25) is 0 Å². The Hall–Kier alpha value is -0.214. The number of hydrogen-bond acceptors (Lipinski definition) is 4. The average molecular weight is 387 g/mol. The molecular formula is C19H23KO4S. The Balaban J connectivity index is 0.00000312. The van der Waals surface area contributed by atoms with Gasteiger partial charge >= 0.3 is 51.4 Å². The van der Waals surface area contributed by atoms with Crippen molar-refractivity contribution in [2.45, 2.75) is 50.3 Å². The molecule has 2 aromatic carbocycles. The van der Waals surface area contributed by atoms with E-state index >= 15 is 0 Å². The fraction of sp³-hybridized carbons (Fsp3) is 0.368. The minimum Gasteiger partial charge on any atom is -0.744 e. The van der Waals surface area contributed by atoms with Crippen molar-refractivity contribution in [3.05, 3.63) is 54.1 Å². The number of para-hydroxylation sites is 2. The quantitative estimate of drug-likeness (QED) is 0.375. The number of rotatable bonds is 9. The van der Waals surface area contributed by atoms with Gasteiger partial charge in [-0.2, -0.15) is 0 Å². The predicted molar refractivity (Wildman–Crippen MR) is 93.4 cm³/mol. The number of ether oxygens (including phenoxy) is 1. The third kappa shape index (κ3) is 7.50. The summed E-state index contributed by atoms with van der Waals surface area (Å²) < 4.78 is 40.5. The van der Waals surface area contributed by atoms with Gasteiger partial charge < -0.3 is 9.29 Å². The first-order valence-corrected chi connectivity index (χ1v) is 9.74. The van der Waals surface area contributed by atoms with Crippen molar-refractivity contribution in [3.63, 3.8) is 0 Å². The van der Waals surface area contributed by atoms with Crippen molar-refractivity contribution in [1.82, 2.24) is 0 Å². The number of unbranched alkanes of at least 4 members (excludes halogenated alkanes) is 4. The van der Waals surface area contributed by atoms with Crippen molar-refractivity contribution < 1.29 is 69.1 Å². The molecule has 0 N–H and O–H groups in total. The Morgan fingerprint density at radius 3 is 2.24 bits per heavy atom. The Labute approximate surface area is 193 Å². The second-order valence-electron chi connectivity index (χ2n) is 5.78. The smallest absolute Gasteiger partial charge is 0.744 e. The fourth-order valence-corrected chi connectivity index (χ4v) is 3.24. The molecule has 2 rings (SSSR count). The van der Waals surface area contributed by atoms with Gasteiger partial charge in [0.1, 0.15) is 21.6 Å². The molecule has 0 saturated carbocycles. The minimum absolute atomic E-state index is 0. The summed E-state index contributed by atoms with van der Waals surface area (Å²) in [6, 6.07) is 13.6. The summed E-state index contributed by atoms with van der Waals surface area (Å²) in [6.45, 7) is 2.16. The first-order chi connectivity index (χ1) is 11.5. The van der Waals surface area contributed by atoms with E-state index in [1.54, 1.807) is 30.3 Å². The van der Waals surface area contributed by atoms with Gasteiger partial charge in [0.2, 0.25) is 0 Å². The van der Waals surface area contributed by atoms with Crippen LogP contribution in [0.2, 0.25) is 0 Å².